The van der Waals surface area contributed by atoms with E-state index < -0.39 is 0 Å². The van der Waals surface area contributed by atoms with E-state index in [1.165, 1.54) is 6.08 Å². The van der Waals surface area contributed by atoms with Crippen LogP contribution in [0.3, 0.4) is 0 Å². The van der Waals surface area contributed by atoms with Crippen molar-refractivity contribution < 1.29 is 9.53 Å². The molecule has 0 aliphatic rings. The summed E-state index contributed by atoms with van der Waals surface area (Å²) in [6, 6.07) is 5.57. The van der Waals surface area contributed by atoms with Crippen LogP contribution in [0.5, 0.6) is 0 Å². The molecule has 1 aromatic carbocycles. The Morgan fingerprint density at radius 1 is 1.53 bits per heavy atom. The molecule has 2 nitrogen and oxygen atoms in total. The van der Waals surface area contributed by atoms with Gasteiger partial charge < -0.3 is 4.74 Å². The Balaban J connectivity index is 2.72. The highest BCUT2D eigenvalue weighted by molar-refractivity contribution is 6.31. The number of hydrogen-bond acceptors (Lipinski definition) is 2. The van der Waals surface area contributed by atoms with Gasteiger partial charge in [0.05, 0.1) is 6.61 Å². The Morgan fingerprint density at radius 2 is 2.27 bits per heavy atom. The molecule has 0 saturated carbocycles. The molecule has 0 atom stereocenters. The highest BCUT2D eigenvalue weighted by Gasteiger charge is 1.96. The maximum atomic E-state index is 11.0. The number of halogens is 1. The minimum Gasteiger partial charge on any atom is -0.463 e. The van der Waals surface area contributed by atoms with Gasteiger partial charge in [-0.2, -0.15) is 0 Å². The van der Waals surface area contributed by atoms with E-state index in [2.05, 4.69) is 0 Å². The van der Waals surface area contributed by atoms with E-state index in [1.807, 2.05) is 25.1 Å². The first-order valence-electron chi connectivity index (χ1n) is 4.74. The predicted molar refractivity (Wildman–Crippen MR) is 61.9 cm³/mol. The molecule has 1 rings (SSSR count). The fourth-order valence-corrected chi connectivity index (χ4v) is 1.24. The van der Waals surface area contributed by atoms with Crippen LogP contribution in [0.4, 0.5) is 0 Å². The van der Waals surface area contributed by atoms with Gasteiger partial charge in [0.25, 0.3) is 0 Å². The molecule has 1 aromatic rings. The van der Waals surface area contributed by atoms with Gasteiger partial charge in [-0.1, -0.05) is 23.7 Å². The van der Waals surface area contributed by atoms with E-state index in [4.69, 9.17) is 16.3 Å². The lowest BCUT2D eigenvalue weighted by Crippen LogP contribution is -1.98. The zero-order chi connectivity index (χ0) is 11.3. The van der Waals surface area contributed by atoms with Gasteiger partial charge >= 0.3 is 5.97 Å². The number of carbonyl (C=O) groups excluding carboxylic acids is 1. The van der Waals surface area contributed by atoms with Crippen LogP contribution in [0.25, 0.3) is 6.08 Å². The zero-order valence-electron chi connectivity index (χ0n) is 8.79. The number of aryl methyl sites for hydroxylation is 1. The van der Waals surface area contributed by atoms with Crippen molar-refractivity contribution >= 4 is 23.6 Å². The normalized spacial score (nSPS) is 10.6. The smallest absolute Gasteiger partial charge is 0.330 e. The molecule has 80 valence electrons. The molecular weight excluding hydrogens is 212 g/mol. The summed E-state index contributed by atoms with van der Waals surface area (Å²) < 4.78 is 4.77. The summed E-state index contributed by atoms with van der Waals surface area (Å²) in [4.78, 5) is 11.0. The van der Waals surface area contributed by atoms with Gasteiger partial charge in [0.2, 0.25) is 0 Å². The molecule has 0 bridgehead atoms. The Kier molecular flexibility index (Phi) is 4.37. The molecule has 0 amide bonds. The lowest BCUT2D eigenvalue weighted by molar-refractivity contribution is -0.137. The molecule has 0 aromatic heterocycles. The lowest BCUT2D eigenvalue weighted by atomic mass is 10.1. The number of rotatable bonds is 3. The Hall–Kier alpha value is -1.28. The van der Waals surface area contributed by atoms with Crippen molar-refractivity contribution in [2.75, 3.05) is 6.61 Å². The Morgan fingerprint density at radius 3 is 2.87 bits per heavy atom. The fraction of sp³-hybridized carbons (Fsp3) is 0.250. The first-order valence-corrected chi connectivity index (χ1v) is 5.12. The van der Waals surface area contributed by atoms with E-state index in [1.54, 1.807) is 13.0 Å². The van der Waals surface area contributed by atoms with Crippen LogP contribution in [0, 0.1) is 6.92 Å². The number of ether oxygens (including phenoxy) is 1. The molecule has 3 heteroatoms. The predicted octanol–water partition coefficient (Wildman–Crippen LogP) is 3.22. The van der Waals surface area contributed by atoms with Gasteiger partial charge in [-0.15, -0.1) is 0 Å². The van der Waals surface area contributed by atoms with Crippen molar-refractivity contribution in [3.63, 3.8) is 0 Å². The first-order chi connectivity index (χ1) is 7.13. The highest BCUT2D eigenvalue weighted by Crippen LogP contribution is 2.16. The number of carbonyl (C=O) groups is 1. The number of benzene rings is 1. The van der Waals surface area contributed by atoms with Crippen LogP contribution in [0.2, 0.25) is 5.02 Å². The molecule has 0 saturated heterocycles. The van der Waals surface area contributed by atoms with Crippen molar-refractivity contribution in [2.45, 2.75) is 13.8 Å². The molecule has 0 aliphatic carbocycles. The number of esters is 1. The van der Waals surface area contributed by atoms with Crippen LogP contribution in [-0.4, -0.2) is 12.6 Å². The third-order valence-electron chi connectivity index (χ3n) is 1.88. The van der Waals surface area contributed by atoms with Gasteiger partial charge in [0.15, 0.2) is 0 Å². The summed E-state index contributed by atoms with van der Waals surface area (Å²) in [7, 11) is 0. The molecule has 0 N–H and O–H groups in total. The summed E-state index contributed by atoms with van der Waals surface area (Å²) >= 11 is 5.88. The van der Waals surface area contributed by atoms with Crippen molar-refractivity contribution in [1.29, 1.82) is 0 Å². The fourth-order valence-electron chi connectivity index (χ4n) is 1.13. The third kappa shape index (κ3) is 3.76. The van der Waals surface area contributed by atoms with E-state index >= 15 is 0 Å². The first kappa shape index (κ1) is 11.8. The van der Waals surface area contributed by atoms with Crippen LogP contribution in [-0.2, 0) is 9.53 Å². The Bertz CT molecular complexity index is 383. The summed E-state index contributed by atoms with van der Waals surface area (Å²) in [5.74, 6) is -0.329. The second-order valence-electron chi connectivity index (χ2n) is 3.09. The quantitative estimate of drug-likeness (QED) is 0.582. The zero-order valence-corrected chi connectivity index (χ0v) is 9.54. The number of hydrogen-bond donors (Lipinski definition) is 0. The van der Waals surface area contributed by atoms with Gasteiger partial charge in [0, 0.05) is 11.1 Å². The Labute approximate surface area is 94.5 Å². The lowest BCUT2D eigenvalue weighted by Gasteiger charge is -1.99. The SMILES string of the molecule is CCOC(=O)C=Cc1ccc(Cl)c(C)c1. The topological polar surface area (TPSA) is 26.3 Å². The summed E-state index contributed by atoms with van der Waals surface area (Å²) in [6.07, 6.45) is 3.12. The van der Waals surface area contributed by atoms with Gasteiger partial charge in [0.1, 0.15) is 0 Å². The van der Waals surface area contributed by atoms with Crippen LogP contribution in [0.1, 0.15) is 18.1 Å². The van der Waals surface area contributed by atoms with Crippen molar-refractivity contribution in [2.24, 2.45) is 0 Å². The minimum atomic E-state index is -0.329. The molecular formula is C12H13ClO2. The average Bonchev–Trinajstić information content (AvgIpc) is 2.20. The molecule has 15 heavy (non-hydrogen) atoms. The summed E-state index contributed by atoms with van der Waals surface area (Å²) in [5.41, 5.74) is 1.92. The van der Waals surface area contributed by atoms with Crippen molar-refractivity contribution in [3.8, 4) is 0 Å². The molecule has 0 fully saturated rings. The molecule has 0 radical (unpaired) electrons. The minimum absolute atomic E-state index is 0.329. The average molecular weight is 225 g/mol. The molecule has 0 aliphatic heterocycles. The largest absolute Gasteiger partial charge is 0.463 e. The van der Waals surface area contributed by atoms with Gasteiger partial charge in [-0.3, -0.25) is 0 Å². The maximum absolute atomic E-state index is 11.0. The van der Waals surface area contributed by atoms with Crippen molar-refractivity contribution in [3.05, 3.63) is 40.4 Å². The molecule has 0 heterocycles. The monoisotopic (exact) mass is 224 g/mol. The van der Waals surface area contributed by atoms with E-state index in [9.17, 15) is 4.79 Å². The standard InChI is InChI=1S/C12H13ClO2/c1-3-15-12(14)7-5-10-4-6-11(13)9(2)8-10/h4-8H,3H2,1-2H3. The highest BCUT2D eigenvalue weighted by atomic mass is 35.5. The summed E-state index contributed by atoms with van der Waals surface area (Å²) in [6.45, 7) is 4.09. The van der Waals surface area contributed by atoms with E-state index in [0.717, 1.165) is 16.1 Å². The second kappa shape index (κ2) is 5.56. The van der Waals surface area contributed by atoms with E-state index in [-0.39, 0.29) is 5.97 Å². The molecule has 0 spiro atoms. The third-order valence-corrected chi connectivity index (χ3v) is 2.30. The van der Waals surface area contributed by atoms with Crippen LogP contribution in [0.15, 0.2) is 24.3 Å². The van der Waals surface area contributed by atoms with Gasteiger partial charge in [-0.25, -0.2) is 4.79 Å². The summed E-state index contributed by atoms with van der Waals surface area (Å²) in [5, 5.41) is 0.725. The van der Waals surface area contributed by atoms with E-state index in [0.29, 0.717) is 6.61 Å². The van der Waals surface area contributed by atoms with Crippen LogP contribution >= 0.6 is 11.6 Å². The van der Waals surface area contributed by atoms with Crippen LogP contribution < -0.4 is 0 Å². The molecule has 0 unspecified atom stereocenters. The van der Waals surface area contributed by atoms with Crippen molar-refractivity contribution in [1.82, 2.24) is 0 Å². The maximum Gasteiger partial charge on any atom is 0.330 e. The van der Waals surface area contributed by atoms with Gasteiger partial charge in [-0.05, 0) is 37.1 Å². The second-order valence-corrected chi connectivity index (χ2v) is 3.50.